The first kappa shape index (κ1) is 26.9. The van der Waals surface area contributed by atoms with Gasteiger partial charge in [0.2, 0.25) is 18.6 Å². The molecule has 3 fully saturated rings. The molecule has 6 rings (SSSR count). The zero-order valence-electron chi connectivity index (χ0n) is 22.4. The highest BCUT2D eigenvalue weighted by atomic mass is 35.5. The van der Waals surface area contributed by atoms with E-state index in [9.17, 15) is 18.6 Å². The normalized spacial score (nSPS) is 23.7. The van der Waals surface area contributed by atoms with Crippen LogP contribution in [0.1, 0.15) is 37.0 Å². The molecular formula is C28H31ClN4O6S. The van der Waals surface area contributed by atoms with E-state index in [-0.39, 0.29) is 52.9 Å². The highest BCUT2D eigenvalue weighted by Crippen LogP contribution is 2.37. The Morgan fingerprint density at radius 3 is 2.58 bits per heavy atom. The molecule has 2 aromatic carbocycles. The van der Waals surface area contributed by atoms with Crippen molar-refractivity contribution >= 4 is 45.8 Å². The average molecular weight is 587 g/mol. The Morgan fingerprint density at radius 1 is 1.07 bits per heavy atom. The second kappa shape index (κ2) is 10.3. The number of halogens is 1. The number of carbonyl (C=O) groups is 3. The Morgan fingerprint density at radius 2 is 1.85 bits per heavy atom. The van der Waals surface area contributed by atoms with E-state index in [2.05, 4.69) is 17.1 Å². The number of fused-ring (bicyclic) bond motifs is 1. The van der Waals surface area contributed by atoms with Gasteiger partial charge in [-0.2, -0.15) is 0 Å². The Balaban J connectivity index is 1.08. The van der Waals surface area contributed by atoms with Crippen molar-refractivity contribution in [1.82, 2.24) is 15.1 Å². The smallest absolute Gasteiger partial charge is 0.254 e. The standard InChI is InChI=1S/C28H31ClN4O6S/c1-17-18(2)33(10-9-32(17)20-4-5-22-23(12-20)39-16-38-22)27(36)19-3-6-24(21(29)11-19)40(37)13-26(35)31-14-28(15-31)8-7-25(34)30-28/h3-6,11-12,17-18H,7-10,13-16H2,1-2H3,(H,30,34)/t17-,18-,40?/m0/s1. The van der Waals surface area contributed by atoms with Gasteiger partial charge in [-0.25, -0.2) is 0 Å². The van der Waals surface area contributed by atoms with E-state index >= 15 is 0 Å². The van der Waals surface area contributed by atoms with Crippen molar-refractivity contribution in [3.63, 3.8) is 0 Å². The molecule has 1 N–H and O–H groups in total. The van der Waals surface area contributed by atoms with Crippen molar-refractivity contribution in [2.24, 2.45) is 0 Å². The fraction of sp³-hybridized carbons (Fsp3) is 0.464. The molecular weight excluding hydrogens is 556 g/mol. The van der Waals surface area contributed by atoms with Crippen LogP contribution in [0.15, 0.2) is 41.3 Å². The van der Waals surface area contributed by atoms with Crippen molar-refractivity contribution in [3.8, 4) is 11.5 Å². The van der Waals surface area contributed by atoms with Crippen molar-refractivity contribution < 1.29 is 28.1 Å². The third-order valence-corrected chi connectivity index (χ3v) is 10.2. The molecule has 0 aromatic heterocycles. The van der Waals surface area contributed by atoms with Crippen molar-refractivity contribution in [3.05, 3.63) is 47.0 Å². The number of amides is 3. The highest BCUT2D eigenvalue weighted by molar-refractivity contribution is 7.85. The van der Waals surface area contributed by atoms with E-state index in [4.69, 9.17) is 21.1 Å². The van der Waals surface area contributed by atoms with Crippen LogP contribution in [-0.4, -0.2) is 88.1 Å². The van der Waals surface area contributed by atoms with Gasteiger partial charge in [-0.05, 0) is 50.6 Å². The van der Waals surface area contributed by atoms with Crippen LogP contribution in [0.5, 0.6) is 11.5 Å². The van der Waals surface area contributed by atoms with Crippen LogP contribution in [0.2, 0.25) is 5.02 Å². The second-order valence-corrected chi connectivity index (χ2v) is 12.8. The van der Waals surface area contributed by atoms with Crippen molar-refractivity contribution in [2.45, 2.75) is 49.2 Å². The molecule has 212 valence electrons. The van der Waals surface area contributed by atoms with E-state index in [1.165, 1.54) is 6.07 Å². The van der Waals surface area contributed by atoms with E-state index in [0.717, 1.165) is 17.2 Å². The summed E-state index contributed by atoms with van der Waals surface area (Å²) in [6.45, 7) is 6.38. The van der Waals surface area contributed by atoms with Gasteiger partial charge in [-0.3, -0.25) is 18.6 Å². The lowest BCUT2D eigenvalue weighted by Gasteiger charge is -2.47. The number of hydrogen-bond acceptors (Lipinski definition) is 7. The number of likely N-dealkylation sites (tertiary alicyclic amines) is 1. The number of nitrogens with one attached hydrogen (secondary N) is 1. The van der Waals surface area contributed by atoms with Gasteiger partial charge in [-0.15, -0.1) is 0 Å². The number of rotatable bonds is 5. The summed E-state index contributed by atoms with van der Waals surface area (Å²) in [6.07, 6.45) is 1.19. The summed E-state index contributed by atoms with van der Waals surface area (Å²) in [4.78, 5) is 43.7. The molecule has 0 bridgehead atoms. The molecule has 0 radical (unpaired) electrons. The predicted octanol–water partition coefficient (Wildman–Crippen LogP) is 2.41. The maximum atomic E-state index is 13.5. The van der Waals surface area contributed by atoms with Gasteiger partial charge >= 0.3 is 0 Å². The van der Waals surface area contributed by atoms with Gasteiger partial charge in [0.1, 0.15) is 5.75 Å². The first-order chi connectivity index (χ1) is 19.1. The first-order valence-electron chi connectivity index (χ1n) is 13.4. The Hall–Kier alpha value is -3.31. The van der Waals surface area contributed by atoms with Gasteiger partial charge in [0.05, 0.1) is 26.3 Å². The topological polar surface area (TPSA) is 108 Å². The van der Waals surface area contributed by atoms with Crippen LogP contribution < -0.4 is 19.7 Å². The molecule has 4 aliphatic heterocycles. The van der Waals surface area contributed by atoms with Crippen LogP contribution >= 0.6 is 11.6 Å². The minimum absolute atomic E-state index is 0.00697. The Bertz CT molecular complexity index is 1410. The fourth-order valence-electron chi connectivity index (χ4n) is 6.00. The maximum absolute atomic E-state index is 13.5. The summed E-state index contributed by atoms with van der Waals surface area (Å²) in [7, 11) is -1.66. The summed E-state index contributed by atoms with van der Waals surface area (Å²) in [5.41, 5.74) is 1.11. The van der Waals surface area contributed by atoms with E-state index < -0.39 is 10.8 Å². The largest absolute Gasteiger partial charge is 0.454 e. The lowest BCUT2D eigenvalue weighted by atomic mass is 9.88. The van der Waals surface area contributed by atoms with E-state index in [0.29, 0.717) is 49.5 Å². The number of carbonyl (C=O) groups excluding carboxylic acids is 3. The number of anilines is 1. The predicted molar refractivity (Wildman–Crippen MR) is 149 cm³/mol. The SMILES string of the molecule is C[C@H]1[C@H](C)N(c2ccc3c(c2)OCO3)CCN1C(=O)c1ccc(S(=O)CC(=O)N2CC3(CCC(=O)N3)C2)c(Cl)c1. The highest BCUT2D eigenvalue weighted by Gasteiger charge is 2.49. The maximum Gasteiger partial charge on any atom is 0.254 e. The lowest BCUT2D eigenvalue weighted by molar-refractivity contribution is -0.137. The van der Waals surface area contributed by atoms with E-state index in [1.54, 1.807) is 17.0 Å². The van der Waals surface area contributed by atoms with Gasteiger partial charge in [-0.1, -0.05) is 11.6 Å². The number of benzene rings is 2. The summed E-state index contributed by atoms with van der Waals surface area (Å²) < 4.78 is 23.9. The zero-order chi connectivity index (χ0) is 28.2. The van der Waals surface area contributed by atoms with Gasteiger partial charge in [0, 0.05) is 62.0 Å². The molecule has 3 saturated heterocycles. The van der Waals surface area contributed by atoms with Crippen molar-refractivity contribution in [1.29, 1.82) is 0 Å². The second-order valence-electron chi connectivity index (χ2n) is 10.9. The van der Waals surface area contributed by atoms with Crippen LogP contribution in [0.3, 0.4) is 0 Å². The lowest BCUT2D eigenvalue weighted by Crippen LogP contribution is -2.68. The molecule has 0 aliphatic carbocycles. The molecule has 4 heterocycles. The third-order valence-electron chi connectivity index (χ3n) is 8.47. The van der Waals surface area contributed by atoms with Gasteiger partial charge < -0.3 is 29.5 Å². The number of hydrogen-bond donors (Lipinski definition) is 1. The van der Waals surface area contributed by atoms with Crippen LogP contribution in [-0.2, 0) is 20.4 Å². The van der Waals surface area contributed by atoms with Crippen LogP contribution in [0.25, 0.3) is 0 Å². The summed E-state index contributed by atoms with van der Waals surface area (Å²) in [6, 6.07) is 10.6. The molecule has 40 heavy (non-hydrogen) atoms. The Labute approximate surface area is 240 Å². The van der Waals surface area contributed by atoms with Crippen LogP contribution in [0, 0.1) is 0 Å². The first-order valence-corrected chi connectivity index (χ1v) is 15.1. The molecule has 12 heteroatoms. The number of piperazine rings is 1. The number of ether oxygens (including phenoxy) is 2. The molecule has 3 atom stereocenters. The quantitative estimate of drug-likeness (QED) is 0.573. The molecule has 2 aromatic rings. The molecule has 0 saturated carbocycles. The molecule has 1 spiro atoms. The van der Waals surface area contributed by atoms with Crippen LogP contribution in [0.4, 0.5) is 5.69 Å². The monoisotopic (exact) mass is 586 g/mol. The molecule has 3 amide bonds. The fourth-order valence-corrected chi connectivity index (χ4v) is 7.49. The van der Waals surface area contributed by atoms with Crippen molar-refractivity contribution in [2.75, 3.05) is 43.6 Å². The summed E-state index contributed by atoms with van der Waals surface area (Å²) >= 11 is 6.48. The summed E-state index contributed by atoms with van der Waals surface area (Å²) in [5, 5.41) is 3.13. The number of nitrogens with zero attached hydrogens (tertiary/aromatic N) is 3. The molecule has 10 nitrogen and oxygen atoms in total. The minimum Gasteiger partial charge on any atom is -0.454 e. The Kier molecular flexibility index (Phi) is 6.90. The van der Waals surface area contributed by atoms with Gasteiger partial charge in [0.25, 0.3) is 5.91 Å². The van der Waals surface area contributed by atoms with Gasteiger partial charge in [0.15, 0.2) is 11.5 Å². The zero-order valence-corrected chi connectivity index (χ0v) is 23.9. The molecule has 4 aliphatic rings. The average Bonchev–Trinajstić information content (AvgIpc) is 3.55. The minimum atomic E-state index is -1.66. The third kappa shape index (κ3) is 4.79. The summed E-state index contributed by atoms with van der Waals surface area (Å²) in [5.74, 6) is 0.868. The molecule has 1 unspecified atom stereocenters. The van der Waals surface area contributed by atoms with E-state index in [1.807, 2.05) is 30.0 Å².